The molecular weight excluding hydrogens is 224 g/mol. The minimum Gasteiger partial charge on any atom is -0.389 e. The Kier molecular flexibility index (Phi) is 5.07. The third-order valence-corrected chi connectivity index (χ3v) is 2.28. The molecule has 1 aromatic heterocycles. The first-order chi connectivity index (χ1) is 7.65. The molecule has 3 N–H and O–H groups in total. The summed E-state index contributed by atoms with van der Waals surface area (Å²) in [5.74, 6) is 1.00. The van der Waals surface area contributed by atoms with E-state index in [0.29, 0.717) is 23.3 Å². The van der Waals surface area contributed by atoms with Gasteiger partial charge in [0.1, 0.15) is 4.99 Å². The van der Waals surface area contributed by atoms with Crippen LogP contribution in [0.3, 0.4) is 0 Å². The van der Waals surface area contributed by atoms with E-state index in [2.05, 4.69) is 22.4 Å². The molecule has 16 heavy (non-hydrogen) atoms. The van der Waals surface area contributed by atoms with Crippen LogP contribution in [0.15, 0.2) is 12.3 Å². The van der Waals surface area contributed by atoms with Gasteiger partial charge < -0.3 is 15.8 Å². The van der Waals surface area contributed by atoms with Crippen molar-refractivity contribution in [1.82, 2.24) is 10.2 Å². The summed E-state index contributed by atoms with van der Waals surface area (Å²) in [6.45, 7) is 3.51. The fourth-order valence-corrected chi connectivity index (χ4v) is 1.44. The molecule has 0 saturated heterocycles. The van der Waals surface area contributed by atoms with Gasteiger partial charge in [0.15, 0.2) is 5.82 Å². The topological polar surface area (TPSA) is 73.1 Å². The molecule has 6 heteroatoms. The van der Waals surface area contributed by atoms with Crippen molar-refractivity contribution in [2.75, 3.05) is 25.6 Å². The van der Waals surface area contributed by atoms with E-state index >= 15 is 0 Å². The number of hydrogen-bond donors (Lipinski definition) is 2. The van der Waals surface area contributed by atoms with E-state index in [-0.39, 0.29) is 0 Å². The summed E-state index contributed by atoms with van der Waals surface area (Å²) in [4.78, 5) is 0.316. The van der Waals surface area contributed by atoms with Gasteiger partial charge in [-0.1, -0.05) is 19.1 Å². The number of nitrogens with zero attached hydrogens (tertiary/aromatic N) is 2. The van der Waals surface area contributed by atoms with Crippen molar-refractivity contribution in [3.8, 4) is 0 Å². The number of methoxy groups -OCH3 is 1. The Bertz CT molecular complexity index is 358. The highest BCUT2D eigenvalue weighted by molar-refractivity contribution is 7.80. The number of anilines is 1. The van der Waals surface area contributed by atoms with Crippen LogP contribution in [0.5, 0.6) is 0 Å². The van der Waals surface area contributed by atoms with Gasteiger partial charge in [0, 0.05) is 13.7 Å². The maximum atomic E-state index is 5.58. The van der Waals surface area contributed by atoms with E-state index in [0.717, 1.165) is 12.1 Å². The monoisotopic (exact) mass is 240 g/mol. The van der Waals surface area contributed by atoms with Crippen LogP contribution in [-0.4, -0.2) is 35.4 Å². The lowest BCUT2D eigenvalue weighted by molar-refractivity contribution is 0.164. The molecule has 0 saturated carbocycles. The minimum absolute atomic E-state index is 0.316. The Morgan fingerprint density at radius 1 is 1.69 bits per heavy atom. The van der Waals surface area contributed by atoms with Crippen molar-refractivity contribution in [3.05, 3.63) is 17.8 Å². The number of thiocarbonyl (C=S) groups is 1. The molecule has 0 bridgehead atoms. The van der Waals surface area contributed by atoms with Crippen molar-refractivity contribution in [1.29, 1.82) is 0 Å². The van der Waals surface area contributed by atoms with Crippen LogP contribution in [0, 0.1) is 5.92 Å². The second-order valence-corrected chi connectivity index (χ2v) is 4.04. The fraction of sp³-hybridized carbons (Fsp3) is 0.500. The van der Waals surface area contributed by atoms with E-state index in [1.807, 2.05) is 0 Å². The Labute approximate surface area is 100 Å². The number of nitrogens with two attached hydrogens (primary N) is 1. The van der Waals surface area contributed by atoms with Gasteiger partial charge in [-0.25, -0.2) is 0 Å². The molecule has 1 atom stereocenters. The zero-order valence-electron chi connectivity index (χ0n) is 9.43. The molecule has 0 amide bonds. The SMILES string of the molecule is COCC(C)CNc1nnccc1C(N)=S. The average molecular weight is 240 g/mol. The first kappa shape index (κ1) is 12.8. The number of nitrogens with one attached hydrogen (secondary N) is 1. The van der Waals surface area contributed by atoms with Crippen molar-refractivity contribution in [2.45, 2.75) is 6.92 Å². The highest BCUT2D eigenvalue weighted by atomic mass is 32.1. The maximum Gasteiger partial charge on any atom is 0.158 e. The van der Waals surface area contributed by atoms with Crippen LogP contribution in [0.25, 0.3) is 0 Å². The van der Waals surface area contributed by atoms with Gasteiger partial charge in [0.2, 0.25) is 0 Å². The van der Waals surface area contributed by atoms with Gasteiger partial charge >= 0.3 is 0 Å². The van der Waals surface area contributed by atoms with Crippen LogP contribution in [-0.2, 0) is 4.74 Å². The van der Waals surface area contributed by atoms with Crippen molar-refractivity contribution in [2.24, 2.45) is 11.7 Å². The van der Waals surface area contributed by atoms with Crippen LogP contribution >= 0.6 is 12.2 Å². The zero-order valence-corrected chi connectivity index (χ0v) is 10.3. The molecule has 5 nitrogen and oxygen atoms in total. The molecule has 0 aliphatic rings. The Morgan fingerprint density at radius 3 is 3.06 bits per heavy atom. The van der Waals surface area contributed by atoms with Gasteiger partial charge in [0.25, 0.3) is 0 Å². The molecule has 88 valence electrons. The molecule has 1 unspecified atom stereocenters. The van der Waals surface area contributed by atoms with Crippen molar-refractivity contribution < 1.29 is 4.74 Å². The normalized spacial score (nSPS) is 12.1. The number of ether oxygens (including phenoxy) is 1. The van der Waals surface area contributed by atoms with Gasteiger partial charge in [-0.15, -0.1) is 5.10 Å². The Hall–Kier alpha value is -1.27. The van der Waals surface area contributed by atoms with Gasteiger partial charge in [-0.05, 0) is 12.0 Å². The molecule has 0 radical (unpaired) electrons. The summed E-state index contributed by atoms with van der Waals surface area (Å²) in [6, 6.07) is 1.75. The van der Waals surface area contributed by atoms with E-state index in [1.165, 1.54) is 0 Å². The summed E-state index contributed by atoms with van der Waals surface area (Å²) in [6.07, 6.45) is 1.57. The lowest BCUT2D eigenvalue weighted by atomic mass is 10.2. The second kappa shape index (κ2) is 6.34. The number of rotatable bonds is 6. The molecule has 0 aliphatic heterocycles. The van der Waals surface area contributed by atoms with E-state index in [9.17, 15) is 0 Å². The third kappa shape index (κ3) is 3.71. The third-order valence-electron chi connectivity index (χ3n) is 2.06. The molecule has 1 aromatic rings. The smallest absolute Gasteiger partial charge is 0.158 e. The lowest BCUT2D eigenvalue weighted by Gasteiger charge is -2.13. The van der Waals surface area contributed by atoms with Crippen molar-refractivity contribution in [3.63, 3.8) is 0 Å². The van der Waals surface area contributed by atoms with E-state index in [1.54, 1.807) is 19.4 Å². The largest absolute Gasteiger partial charge is 0.389 e. The molecule has 0 fully saturated rings. The Balaban J connectivity index is 2.63. The predicted molar refractivity (Wildman–Crippen MR) is 67.4 cm³/mol. The molecular formula is C10H16N4OS. The predicted octanol–water partition coefficient (Wildman–Crippen LogP) is 0.805. The first-order valence-electron chi connectivity index (χ1n) is 4.99. The Morgan fingerprint density at radius 2 is 2.44 bits per heavy atom. The van der Waals surface area contributed by atoms with Crippen LogP contribution in [0.1, 0.15) is 12.5 Å². The van der Waals surface area contributed by atoms with Gasteiger partial charge in [-0.2, -0.15) is 5.10 Å². The average Bonchev–Trinajstić information content (AvgIpc) is 2.27. The summed E-state index contributed by atoms with van der Waals surface area (Å²) in [5, 5.41) is 10.9. The summed E-state index contributed by atoms with van der Waals surface area (Å²) < 4.78 is 5.04. The number of aromatic nitrogens is 2. The summed E-state index contributed by atoms with van der Waals surface area (Å²) in [7, 11) is 1.68. The molecule has 1 rings (SSSR count). The molecule has 1 heterocycles. The zero-order chi connectivity index (χ0) is 12.0. The highest BCUT2D eigenvalue weighted by Crippen LogP contribution is 2.10. The molecule has 0 aromatic carbocycles. The number of hydrogen-bond acceptors (Lipinski definition) is 5. The van der Waals surface area contributed by atoms with Crippen LogP contribution in [0.4, 0.5) is 5.82 Å². The summed E-state index contributed by atoms with van der Waals surface area (Å²) in [5.41, 5.74) is 6.30. The lowest BCUT2D eigenvalue weighted by Crippen LogP contribution is -2.20. The minimum atomic E-state index is 0.316. The quantitative estimate of drug-likeness (QED) is 0.717. The van der Waals surface area contributed by atoms with Crippen LogP contribution < -0.4 is 11.1 Å². The maximum absolute atomic E-state index is 5.58. The van der Waals surface area contributed by atoms with Crippen molar-refractivity contribution >= 4 is 23.0 Å². The standard InChI is InChI=1S/C10H16N4OS/c1-7(6-15-2)5-12-10-8(9(11)16)3-4-13-14-10/h3-4,7H,5-6H2,1-2H3,(H2,11,16)(H,12,14). The van der Waals surface area contributed by atoms with E-state index in [4.69, 9.17) is 22.7 Å². The van der Waals surface area contributed by atoms with E-state index < -0.39 is 0 Å². The van der Waals surface area contributed by atoms with Gasteiger partial charge in [0.05, 0.1) is 18.4 Å². The first-order valence-corrected chi connectivity index (χ1v) is 5.40. The molecule has 0 spiro atoms. The van der Waals surface area contributed by atoms with Gasteiger partial charge in [-0.3, -0.25) is 0 Å². The second-order valence-electron chi connectivity index (χ2n) is 3.60. The highest BCUT2D eigenvalue weighted by Gasteiger charge is 2.08. The van der Waals surface area contributed by atoms with Crippen LogP contribution in [0.2, 0.25) is 0 Å². The molecule has 0 aliphatic carbocycles. The summed E-state index contributed by atoms with van der Waals surface area (Å²) >= 11 is 4.93. The fourth-order valence-electron chi connectivity index (χ4n) is 1.28.